The van der Waals surface area contributed by atoms with Crippen LogP contribution in [-0.4, -0.2) is 72.3 Å². The third-order valence-corrected chi connectivity index (χ3v) is 7.53. The molecule has 2 N–H and O–H groups in total. The van der Waals surface area contributed by atoms with Gasteiger partial charge in [0.25, 0.3) is 0 Å². The summed E-state index contributed by atoms with van der Waals surface area (Å²) in [5, 5.41) is 5.93. The number of carbonyl (C=O) groups excluding carboxylic acids is 3. The summed E-state index contributed by atoms with van der Waals surface area (Å²) in [6.07, 6.45) is 2.53. The lowest BCUT2D eigenvalue weighted by molar-refractivity contribution is -0.143. The number of rotatable bonds is 11. The van der Waals surface area contributed by atoms with E-state index in [1.165, 1.54) is 5.56 Å². The van der Waals surface area contributed by atoms with Crippen molar-refractivity contribution in [2.45, 2.75) is 85.9 Å². The lowest BCUT2D eigenvalue weighted by Crippen LogP contribution is -2.59. The molecule has 0 bridgehead atoms. The van der Waals surface area contributed by atoms with Gasteiger partial charge in [-0.15, -0.1) is 0 Å². The number of likely N-dealkylation sites (tertiary alicyclic amines) is 1. The van der Waals surface area contributed by atoms with E-state index in [4.69, 9.17) is 0 Å². The summed E-state index contributed by atoms with van der Waals surface area (Å²) < 4.78 is 0. The number of benzene rings is 1. The summed E-state index contributed by atoms with van der Waals surface area (Å²) in [6.45, 7) is 15.6. The van der Waals surface area contributed by atoms with Crippen LogP contribution < -0.4 is 10.6 Å². The Bertz CT molecular complexity index is 865. The Hall–Kier alpha value is -2.41. The summed E-state index contributed by atoms with van der Waals surface area (Å²) in [6, 6.07) is 9.13. The van der Waals surface area contributed by atoms with Crippen LogP contribution >= 0.6 is 0 Å². The summed E-state index contributed by atoms with van der Waals surface area (Å²) >= 11 is 0. The monoisotopic (exact) mass is 500 g/mol. The van der Waals surface area contributed by atoms with Gasteiger partial charge in [-0.3, -0.25) is 14.4 Å². The van der Waals surface area contributed by atoms with Crippen molar-refractivity contribution in [3.05, 3.63) is 35.9 Å². The maximum absolute atomic E-state index is 13.8. The zero-order chi connectivity index (χ0) is 27.0. The van der Waals surface area contributed by atoms with Crippen molar-refractivity contribution in [1.82, 2.24) is 20.4 Å². The van der Waals surface area contributed by atoms with E-state index in [1.807, 2.05) is 55.7 Å². The molecular formula is C29H48N4O3. The Morgan fingerprint density at radius 1 is 1.08 bits per heavy atom. The molecular weight excluding hydrogens is 452 g/mol. The summed E-state index contributed by atoms with van der Waals surface area (Å²) in [5.74, 6) is 0.0494. The highest BCUT2D eigenvalue weighted by Crippen LogP contribution is 2.27. The number of carbonyl (C=O) groups is 3. The molecule has 36 heavy (non-hydrogen) atoms. The fourth-order valence-electron chi connectivity index (χ4n) is 4.56. The molecule has 1 aliphatic rings. The van der Waals surface area contributed by atoms with Gasteiger partial charge >= 0.3 is 0 Å². The van der Waals surface area contributed by atoms with Crippen LogP contribution in [0.1, 0.15) is 66.9 Å². The molecule has 0 spiro atoms. The van der Waals surface area contributed by atoms with E-state index in [0.29, 0.717) is 19.6 Å². The van der Waals surface area contributed by atoms with Crippen LogP contribution in [0.4, 0.5) is 0 Å². The molecule has 1 fully saturated rings. The van der Waals surface area contributed by atoms with Crippen molar-refractivity contribution in [3.63, 3.8) is 0 Å². The zero-order valence-corrected chi connectivity index (χ0v) is 23.6. The fourth-order valence-corrected chi connectivity index (χ4v) is 4.56. The van der Waals surface area contributed by atoms with Gasteiger partial charge < -0.3 is 20.4 Å². The van der Waals surface area contributed by atoms with Crippen LogP contribution in [-0.2, 0) is 20.8 Å². The second kappa shape index (κ2) is 13.2. The summed E-state index contributed by atoms with van der Waals surface area (Å²) in [5.41, 5.74) is 0.753. The van der Waals surface area contributed by atoms with Gasteiger partial charge in [-0.1, -0.05) is 71.9 Å². The molecule has 4 atom stereocenters. The predicted octanol–water partition coefficient (Wildman–Crippen LogP) is 3.48. The highest BCUT2D eigenvalue weighted by atomic mass is 16.2. The third kappa shape index (κ3) is 8.05. The van der Waals surface area contributed by atoms with Crippen LogP contribution in [0.15, 0.2) is 30.3 Å². The minimum Gasteiger partial charge on any atom is -0.342 e. The predicted molar refractivity (Wildman–Crippen MR) is 145 cm³/mol. The SMILES string of the molecule is CN[C@@H](C)C(=O)N[C@H](C(=O)N1CCC[C@H]1CN(CCc1ccccc1)C(=O)[C@H](C)C(C)C)C(C)(C)C. The number of hydrogen-bond donors (Lipinski definition) is 2. The lowest BCUT2D eigenvalue weighted by Gasteiger charge is -2.38. The van der Waals surface area contributed by atoms with Gasteiger partial charge in [-0.25, -0.2) is 0 Å². The smallest absolute Gasteiger partial charge is 0.246 e. The fraction of sp³-hybridized carbons (Fsp3) is 0.690. The van der Waals surface area contributed by atoms with Crippen molar-refractivity contribution in [3.8, 4) is 0 Å². The summed E-state index contributed by atoms with van der Waals surface area (Å²) in [4.78, 5) is 43.8. The van der Waals surface area contributed by atoms with Gasteiger partial charge in [-0.2, -0.15) is 0 Å². The van der Waals surface area contributed by atoms with Gasteiger partial charge in [0.2, 0.25) is 17.7 Å². The molecule has 7 heteroatoms. The Balaban J connectivity index is 2.22. The van der Waals surface area contributed by atoms with Crippen LogP contribution in [0, 0.1) is 17.3 Å². The normalized spacial score (nSPS) is 18.6. The van der Waals surface area contributed by atoms with Crippen molar-refractivity contribution < 1.29 is 14.4 Å². The second-order valence-corrected chi connectivity index (χ2v) is 11.7. The molecule has 2 rings (SSSR count). The van der Waals surface area contributed by atoms with Crippen molar-refractivity contribution in [1.29, 1.82) is 0 Å². The molecule has 0 radical (unpaired) electrons. The Morgan fingerprint density at radius 2 is 1.72 bits per heavy atom. The highest BCUT2D eigenvalue weighted by Gasteiger charge is 2.41. The molecule has 1 aliphatic heterocycles. The molecule has 1 aromatic carbocycles. The quantitative estimate of drug-likeness (QED) is 0.487. The van der Waals surface area contributed by atoms with Gasteiger partial charge in [0.15, 0.2) is 0 Å². The van der Waals surface area contributed by atoms with Crippen molar-refractivity contribution >= 4 is 17.7 Å². The molecule has 1 saturated heterocycles. The maximum Gasteiger partial charge on any atom is 0.246 e. The van der Waals surface area contributed by atoms with Gasteiger partial charge in [0, 0.05) is 31.6 Å². The number of likely N-dealkylation sites (N-methyl/N-ethyl adjacent to an activating group) is 1. The van der Waals surface area contributed by atoms with Gasteiger partial charge in [-0.05, 0) is 50.1 Å². The molecule has 0 saturated carbocycles. The van der Waals surface area contributed by atoms with Crippen LogP contribution in [0.5, 0.6) is 0 Å². The average molecular weight is 501 g/mol. The minimum absolute atomic E-state index is 0.0555. The standard InChI is InChI=1S/C29H48N4O3/c1-20(2)21(3)27(35)32(18-16-23-13-10-9-11-14-23)19-24-15-12-17-33(24)28(36)25(29(5,6)7)31-26(34)22(4)30-8/h9-11,13-14,20-22,24-25,30H,12,15-19H2,1-8H3,(H,31,34)/t21-,22+,24+,25-/m1/s1. The maximum atomic E-state index is 13.8. The van der Waals surface area contributed by atoms with E-state index in [9.17, 15) is 14.4 Å². The number of amides is 3. The first-order valence-electron chi connectivity index (χ1n) is 13.5. The molecule has 0 aromatic heterocycles. The van der Waals surface area contributed by atoms with E-state index >= 15 is 0 Å². The van der Waals surface area contributed by atoms with Crippen LogP contribution in [0.2, 0.25) is 0 Å². The van der Waals surface area contributed by atoms with Gasteiger partial charge in [0.05, 0.1) is 6.04 Å². The van der Waals surface area contributed by atoms with E-state index in [-0.39, 0.29) is 41.6 Å². The molecule has 1 heterocycles. The number of nitrogens with zero attached hydrogens (tertiary/aromatic N) is 2. The molecule has 7 nitrogen and oxygen atoms in total. The van der Waals surface area contributed by atoms with Crippen LogP contribution in [0.3, 0.4) is 0 Å². The van der Waals surface area contributed by atoms with E-state index < -0.39 is 11.5 Å². The molecule has 1 aromatic rings. The first-order chi connectivity index (χ1) is 16.9. The Morgan fingerprint density at radius 3 is 2.28 bits per heavy atom. The third-order valence-electron chi connectivity index (χ3n) is 7.53. The first kappa shape index (κ1) is 29.8. The zero-order valence-electron chi connectivity index (χ0n) is 23.6. The summed E-state index contributed by atoms with van der Waals surface area (Å²) in [7, 11) is 1.73. The van der Waals surface area contributed by atoms with E-state index in [1.54, 1.807) is 14.0 Å². The largest absolute Gasteiger partial charge is 0.342 e. The molecule has 0 aliphatic carbocycles. The second-order valence-electron chi connectivity index (χ2n) is 11.7. The van der Waals surface area contributed by atoms with E-state index in [0.717, 1.165) is 19.3 Å². The van der Waals surface area contributed by atoms with Gasteiger partial charge in [0.1, 0.15) is 6.04 Å². The topological polar surface area (TPSA) is 81.8 Å². The lowest BCUT2D eigenvalue weighted by atomic mass is 9.85. The minimum atomic E-state index is -0.635. The number of nitrogens with one attached hydrogen (secondary N) is 2. The Labute approximate surface area is 218 Å². The van der Waals surface area contributed by atoms with Crippen LogP contribution in [0.25, 0.3) is 0 Å². The molecule has 3 amide bonds. The molecule has 202 valence electrons. The van der Waals surface area contributed by atoms with E-state index in [2.05, 4.69) is 36.6 Å². The Kier molecular flexibility index (Phi) is 11.0. The average Bonchev–Trinajstić information content (AvgIpc) is 3.31. The van der Waals surface area contributed by atoms with Crippen molar-refractivity contribution in [2.75, 3.05) is 26.7 Å². The highest BCUT2D eigenvalue weighted by molar-refractivity contribution is 5.90. The van der Waals surface area contributed by atoms with Crippen molar-refractivity contribution in [2.24, 2.45) is 17.3 Å². The first-order valence-corrected chi connectivity index (χ1v) is 13.5. The molecule has 0 unspecified atom stereocenters. The number of hydrogen-bond acceptors (Lipinski definition) is 4.